The minimum absolute atomic E-state index is 0.000432. The lowest BCUT2D eigenvalue weighted by molar-refractivity contribution is 0.200. The zero-order valence-electron chi connectivity index (χ0n) is 8.23. The number of imidazole rings is 1. The lowest BCUT2D eigenvalue weighted by atomic mass is 10.0. The molecule has 1 atom stereocenters. The third-order valence-electron chi connectivity index (χ3n) is 2.92. The summed E-state index contributed by atoms with van der Waals surface area (Å²) in [5.41, 5.74) is 0.509. The Kier molecular flexibility index (Phi) is 2.68. The monoisotopic (exact) mass is 225 g/mol. The van der Waals surface area contributed by atoms with Crippen molar-refractivity contribution in [1.82, 2.24) is 9.55 Å². The van der Waals surface area contributed by atoms with Crippen molar-refractivity contribution in [3.05, 3.63) is 18.2 Å². The number of hydrogen-bond donors (Lipinski definition) is 1. The van der Waals surface area contributed by atoms with E-state index in [4.69, 9.17) is 16.9 Å². The summed E-state index contributed by atoms with van der Waals surface area (Å²) in [5.74, 6) is 0.000432. The highest BCUT2D eigenvalue weighted by Crippen LogP contribution is 2.49. The van der Waals surface area contributed by atoms with Gasteiger partial charge in [-0.25, -0.2) is 4.98 Å². The van der Waals surface area contributed by atoms with Crippen molar-refractivity contribution in [2.75, 3.05) is 6.61 Å². The Balaban J connectivity index is 2.10. The zero-order valence-corrected chi connectivity index (χ0v) is 8.98. The molecule has 0 radical (unpaired) electrons. The van der Waals surface area contributed by atoms with Gasteiger partial charge >= 0.3 is 0 Å². The van der Waals surface area contributed by atoms with E-state index in [0.29, 0.717) is 12.2 Å². The second kappa shape index (κ2) is 3.84. The van der Waals surface area contributed by atoms with Crippen molar-refractivity contribution in [3.63, 3.8) is 0 Å². The van der Waals surface area contributed by atoms with Gasteiger partial charge in [0.2, 0.25) is 0 Å². The number of aliphatic hydroxyl groups is 1. The molecule has 1 aliphatic rings. The van der Waals surface area contributed by atoms with Crippen molar-refractivity contribution in [2.45, 2.75) is 24.3 Å². The van der Waals surface area contributed by atoms with Crippen LogP contribution < -0.4 is 0 Å². The highest BCUT2D eigenvalue weighted by Gasteiger charge is 2.47. The molecule has 0 saturated heterocycles. The predicted molar refractivity (Wildman–Crippen MR) is 55.3 cm³/mol. The SMILES string of the molecule is N#Cc1cncn1CC(CO)C1(Cl)CC1. The third-order valence-corrected chi connectivity index (χ3v) is 3.61. The lowest BCUT2D eigenvalue weighted by Crippen LogP contribution is -2.25. The topological polar surface area (TPSA) is 61.8 Å². The number of alkyl halides is 1. The largest absolute Gasteiger partial charge is 0.396 e. The number of hydrogen-bond acceptors (Lipinski definition) is 3. The number of nitriles is 1. The van der Waals surface area contributed by atoms with E-state index in [-0.39, 0.29) is 17.4 Å². The van der Waals surface area contributed by atoms with Gasteiger partial charge in [-0.05, 0) is 12.8 Å². The molecule has 80 valence electrons. The summed E-state index contributed by atoms with van der Waals surface area (Å²) >= 11 is 6.25. The van der Waals surface area contributed by atoms with Gasteiger partial charge in [0.1, 0.15) is 11.8 Å². The number of rotatable bonds is 4. The summed E-state index contributed by atoms with van der Waals surface area (Å²) in [5, 5.41) is 18.1. The molecule has 5 heteroatoms. The van der Waals surface area contributed by atoms with Crippen LogP contribution in [-0.4, -0.2) is 26.1 Å². The summed E-state index contributed by atoms with van der Waals surface area (Å²) in [4.78, 5) is 3.64. The van der Waals surface area contributed by atoms with Crippen molar-refractivity contribution in [3.8, 4) is 6.07 Å². The van der Waals surface area contributed by atoms with Crippen LogP contribution in [-0.2, 0) is 6.54 Å². The van der Waals surface area contributed by atoms with E-state index in [1.807, 2.05) is 0 Å². The molecular weight excluding hydrogens is 214 g/mol. The summed E-state index contributed by atoms with van der Waals surface area (Å²) in [7, 11) is 0. The molecule has 15 heavy (non-hydrogen) atoms. The van der Waals surface area contributed by atoms with Crippen LogP contribution in [0.4, 0.5) is 0 Å². The average molecular weight is 226 g/mol. The average Bonchev–Trinajstić information content (AvgIpc) is 2.83. The van der Waals surface area contributed by atoms with Gasteiger partial charge in [0, 0.05) is 19.1 Å². The molecule has 4 nitrogen and oxygen atoms in total. The van der Waals surface area contributed by atoms with Gasteiger partial charge in [0.15, 0.2) is 0 Å². The van der Waals surface area contributed by atoms with Gasteiger partial charge < -0.3 is 9.67 Å². The zero-order chi connectivity index (χ0) is 10.9. The minimum Gasteiger partial charge on any atom is -0.396 e. The molecule has 1 unspecified atom stereocenters. The van der Waals surface area contributed by atoms with Crippen LogP contribution in [0.1, 0.15) is 18.5 Å². The first-order valence-corrected chi connectivity index (χ1v) is 5.27. The van der Waals surface area contributed by atoms with E-state index in [2.05, 4.69) is 11.1 Å². The third kappa shape index (κ3) is 1.99. The molecule has 1 aromatic heterocycles. The van der Waals surface area contributed by atoms with Crippen LogP contribution in [0.2, 0.25) is 0 Å². The first kappa shape index (κ1) is 10.5. The standard InChI is InChI=1S/C10H12ClN3O/c11-10(1-2-10)8(6-15)5-14-7-13-4-9(14)3-12/h4,7-8,15H,1-2,5-6H2. The molecule has 1 aliphatic carbocycles. The van der Waals surface area contributed by atoms with E-state index >= 15 is 0 Å². The molecule has 0 aliphatic heterocycles. The fourth-order valence-electron chi connectivity index (χ4n) is 1.71. The Bertz CT molecular complexity index is 392. The molecule has 2 rings (SSSR count). The molecular formula is C10H12ClN3O. The maximum Gasteiger partial charge on any atom is 0.139 e. The highest BCUT2D eigenvalue weighted by atomic mass is 35.5. The van der Waals surface area contributed by atoms with Crippen molar-refractivity contribution < 1.29 is 5.11 Å². The number of halogens is 1. The Morgan fingerprint density at radius 3 is 3.00 bits per heavy atom. The Morgan fingerprint density at radius 1 is 1.73 bits per heavy atom. The van der Waals surface area contributed by atoms with Crippen molar-refractivity contribution >= 4 is 11.6 Å². The van der Waals surface area contributed by atoms with Crippen LogP contribution in [0.3, 0.4) is 0 Å². The maximum atomic E-state index is 9.26. The minimum atomic E-state index is -0.258. The quantitative estimate of drug-likeness (QED) is 0.782. The lowest BCUT2D eigenvalue weighted by Gasteiger charge is -2.19. The molecule has 0 amide bonds. The molecule has 0 aromatic carbocycles. The van der Waals surface area contributed by atoms with Gasteiger partial charge in [0.05, 0.1) is 17.4 Å². The summed E-state index contributed by atoms with van der Waals surface area (Å²) < 4.78 is 1.74. The smallest absolute Gasteiger partial charge is 0.139 e. The Hall–Kier alpha value is -1.05. The van der Waals surface area contributed by atoms with E-state index in [0.717, 1.165) is 12.8 Å². The van der Waals surface area contributed by atoms with E-state index in [9.17, 15) is 5.11 Å². The van der Waals surface area contributed by atoms with Crippen LogP contribution >= 0.6 is 11.6 Å². The summed E-state index contributed by atoms with van der Waals surface area (Å²) in [6.45, 7) is 0.607. The molecule has 1 saturated carbocycles. The number of aliphatic hydroxyl groups excluding tert-OH is 1. The van der Waals surface area contributed by atoms with Gasteiger partial charge in [-0.2, -0.15) is 5.26 Å². The second-order valence-corrected chi connectivity index (χ2v) is 4.71. The van der Waals surface area contributed by atoms with E-state index in [1.165, 1.54) is 6.20 Å². The first-order chi connectivity index (χ1) is 7.19. The van der Waals surface area contributed by atoms with Crippen molar-refractivity contribution in [2.24, 2.45) is 5.92 Å². The molecule has 1 N–H and O–H groups in total. The number of aromatic nitrogens is 2. The van der Waals surface area contributed by atoms with Gasteiger partial charge in [-0.1, -0.05) is 0 Å². The summed E-state index contributed by atoms with van der Waals surface area (Å²) in [6.07, 6.45) is 5.00. The van der Waals surface area contributed by atoms with Crippen LogP contribution in [0.5, 0.6) is 0 Å². The van der Waals surface area contributed by atoms with Crippen LogP contribution in [0.15, 0.2) is 12.5 Å². The van der Waals surface area contributed by atoms with Crippen molar-refractivity contribution in [1.29, 1.82) is 5.26 Å². The molecule has 0 spiro atoms. The fourth-order valence-corrected chi connectivity index (χ4v) is 1.94. The van der Waals surface area contributed by atoms with Crippen LogP contribution in [0, 0.1) is 17.2 Å². The Labute approximate surface area is 93.1 Å². The molecule has 0 bridgehead atoms. The van der Waals surface area contributed by atoms with Gasteiger partial charge in [-0.3, -0.25) is 0 Å². The van der Waals surface area contributed by atoms with Gasteiger partial charge in [0.25, 0.3) is 0 Å². The Morgan fingerprint density at radius 2 is 2.47 bits per heavy atom. The van der Waals surface area contributed by atoms with Gasteiger partial charge in [-0.15, -0.1) is 11.6 Å². The number of nitrogens with zero attached hydrogens (tertiary/aromatic N) is 3. The van der Waals surface area contributed by atoms with E-state index in [1.54, 1.807) is 10.9 Å². The van der Waals surface area contributed by atoms with Crippen LogP contribution in [0.25, 0.3) is 0 Å². The fraction of sp³-hybridized carbons (Fsp3) is 0.600. The molecule has 1 fully saturated rings. The molecule has 1 aromatic rings. The normalized spacial score (nSPS) is 19.5. The van der Waals surface area contributed by atoms with E-state index < -0.39 is 0 Å². The second-order valence-electron chi connectivity index (χ2n) is 3.96. The first-order valence-electron chi connectivity index (χ1n) is 4.89. The predicted octanol–water partition coefficient (Wildman–Crippen LogP) is 1.13. The highest BCUT2D eigenvalue weighted by molar-refractivity contribution is 6.26. The maximum absolute atomic E-state index is 9.26. The molecule has 1 heterocycles. The summed E-state index contributed by atoms with van der Waals surface area (Å²) in [6, 6.07) is 2.05.